The van der Waals surface area contributed by atoms with E-state index in [1.165, 1.54) is 0 Å². The van der Waals surface area contributed by atoms with Gasteiger partial charge in [-0.1, -0.05) is 20.3 Å². The minimum atomic E-state index is -2.99. The van der Waals surface area contributed by atoms with Crippen LogP contribution in [0.4, 0.5) is 0 Å². The van der Waals surface area contributed by atoms with Gasteiger partial charge in [-0.3, -0.25) is 0 Å². The summed E-state index contributed by atoms with van der Waals surface area (Å²) in [6.07, 6.45) is 0. The third kappa shape index (κ3) is 555. The fourth-order valence-electron chi connectivity index (χ4n) is 0. The maximum absolute atomic E-state index is 6.81. The second-order valence-corrected chi connectivity index (χ2v) is 0.433. The predicted octanol–water partition coefficient (Wildman–Crippen LogP) is 1.37. The van der Waals surface area contributed by atoms with Crippen LogP contribution in [0.15, 0.2) is 0 Å². The maximum Gasteiger partial charge on any atom is 0.130 e. The summed E-state index contributed by atoms with van der Waals surface area (Å²) in [5.41, 5.74) is 0. The Balaban J connectivity index is 5.02. The molecule has 0 amide bonds. The largest absolute Gasteiger partial charge is 0.130 e. The minimum Gasteiger partial charge on any atom is -0.0865 e. The van der Waals surface area contributed by atoms with Crippen molar-refractivity contribution in [3.63, 3.8) is 0 Å². The summed E-state index contributed by atoms with van der Waals surface area (Å²) in [6.45, 7) is -11.2. The lowest BCUT2D eigenvalue weighted by Crippen LogP contribution is -1.84. The van der Waals surface area contributed by atoms with Crippen molar-refractivity contribution in [2.45, 2.75) is 20.3 Å². The van der Waals surface area contributed by atoms with E-state index in [1.807, 2.05) is 0 Å². The summed E-state index contributed by atoms with van der Waals surface area (Å²) >= 11 is 0. The zero-order valence-corrected chi connectivity index (χ0v) is 2.08. The molecule has 4 heavy (non-hydrogen) atoms. The highest BCUT2D eigenvalue weighted by Crippen LogP contribution is 1.68. The molecule has 0 saturated carbocycles. The van der Waals surface area contributed by atoms with Gasteiger partial charge >= 0.3 is 0 Å². The van der Waals surface area contributed by atoms with Crippen LogP contribution in [-0.2, 0) is 0 Å². The van der Waals surface area contributed by atoms with Crippen LogP contribution in [0.3, 0.4) is 0 Å². The minimum absolute atomic E-state index is 2.27. The van der Waals surface area contributed by atoms with Gasteiger partial charge in [0.15, 0.2) is 0 Å². The van der Waals surface area contributed by atoms with E-state index < -0.39 is 27.0 Å². The first-order valence-electron chi connectivity index (χ1n) is 5.37. The van der Waals surface area contributed by atoms with Crippen molar-refractivity contribution >= 4 is 6.71 Å². The second kappa shape index (κ2) is 1.39. The van der Waals surface area contributed by atoms with Crippen molar-refractivity contribution in [1.82, 2.24) is 0 Å². The molecule has 0 aliphatic rings. The first-order valence-corrected chi connectivity index (χ1v) is 0.866. The van der Waals surface area contributed by atoms with Crippen LogP contribution in [0.1, 0.15) is 12.3 Å². The molecule has 0 aromatic heterocycles. The first-order chi connectivity index (χ1) is 5.37. The molecule has 0 radical (unpaired) electrons. The molecular weight excluding hydrogens is 46.8 g/mol. The summed E-state index contributed by atoms with van der Waals surface area (Å²) in [5.74, 6) is 0. The topological polar surface area (TPSA) is 0 Å². The Bertz CT molecular complexity index is 137. The highest BCUT2D eigenvalue weighted by Gasteiger charge is 1.76. The normalized spacial score (nSPS) is 49.5. The van der Waals surface area contributed by atoms with E-state index in [4.69, 9.17) is 12.3 Å². The first kappa shape index (κ1) is 0.262. The van der Waals surface area contributed by atoms with Gasteiger partial charge in [-0.15, -0.1) is 0 Å². The zero-order chi connectivity index (χ0) is 11.1. The molecule has 1 heteroatoms. The van der Waals surface area contributed by atoms with E-state index in [0.717, 1.165) is 0 Å². The molecule has 0 aromatic carbocycles. The highest BCUT2D eigenvalue weighted by atomic mass is 13.2. The lowest BCUT2D eigenvalue weighted by molar-refractivity contribution is 1.91. The monoisotopic (exact) mass is 65.1 g/mol. The van der Waals surface area contributed by atoms with Crippen LogP contribution in [0.25, 0.3) is 0 Å². The molecule has 0 aliphatic carbocycles. The van der Waals surface area contributed by atoms with Gasteiger partial charge in [0.25, 0.3) is 0 Å². The van der Waals surface area contributed by atoms with Crippen LogP contribution < -0.4 is 0 Å². The van der Waals surface area contributed by atoms with Crippen LogP contribution in [-0.4, -0.2) is 6.71 Å². The second-order valence-electron chi connectivity index (χ2n) is 0.433. The van der Waals surface area contributed by atoms with E-state index in [2.05, 4.69) is 0 Å². The van der Waals surface area contributed by atoms with Gasteiger partial charge in [-0.2, -0.15) is 0 Å². The molecule has 0 nitrogen and oxygen atoms in total. The van der Waals surface area contributed by atoms with Gasteiger partial charge in [-0.05, 0) is 0 Å². The van der Waals surface area contributed by atoms with E-state index in [9.17, 15) is 0 Å². The quantitative estimate of drug-likeness (QED) is 0.374. The van der Waals surface area contributed by atoms with Crippen LogP contribution in [0.2, 0.25) is 20.3 Å². The van der Waals surface area contributed by atoms with Gasteiger partial charge in [0.2, 0.25) is 0 Å². The van der Waals surface area contributed by atoms with Crippen LogP contribution >= 0.6 is 0 Å². The van der Waals surface area contributed by atoms with E-state index >= 15 is 0 Å². The van der Waals surface area contributed by atoms with Gasteiger partial charge < -0.3 is 0 Å². The molecular formula is C3H9B. The standard InChI is InChI=1S/C3H9B/c1-4(2)3/h1-3H3/i1D3,2D3,3D3. The Morgan fingerprint density at radius 3 is 2.00 bits per heavy atom. The number of hydrogen-bond acceptors (Lipinski definition) is 0. The van der Waals surface area contributed by atoms with Gasteiger partial charge in [-0.25, -0.2) is 0 Å². The summed E-state index contributed by atoms with van der Waals surface area (Å²) < 4.78 is 61.3. The molecule has 0 N–H and O–H groups in total. The van der Waals surface area contributed by atoms with Crippen LogP contribution in [0, 0.1) is 0 Å². The molecule has 0 fully saturated rings. The zero-order valence-electron chi connectivity index (χ0n) is 11.1. The molecule has 0 rings (SSSR count). The molecule has 0 spiro atoms. The van der Waals surface area contributed by atoms with Crippen molar-refractivity contribution in [3.8, 4) is 0 Å². The fourth-order valence-corrected chi connectivity index (χ4v) is 0. The van der Waals surface area contributed by atoms with Gasteiger partial charge in [0.05, 0.1) is 0 Å². The van der Waals surface area contributed by atoms with Gasteiger partial charge in [0, 0.05) is 12.3 Å². The van der Waals surface area contributed by atoms with Crippen molar-refractivity contribution in [3.05, 3.63) is 0 Å². The van der Waals surface area contributed by atoms with Crippen LogP contribution in [0.5, 0.6) is 0 Å². The van der Waals surface area contributed by atoms with E-state index in [0.29, 0.717) is 0 Å². The Morgan fingerprint density at radius 2 is 2.00 bits per heavy atom. The van der Waals surface area contributed by atoms with Gasteiger partial charge in [0.1, 0.15) is 6.71 Å². The predicted molar refractivity (Wildman–Crippen MR) is 23.3 cm³/mol. The number of hydrogen-bond donors (Lipinski definition) is 0. The molecule has 0 unspecified atom stereocenters. The van der Waals surface area contributed by atoms with E-state index in [1.54, 1.807) is 0 Å². The Hall–Kier alpha value is 0.0649. The SMILES string of the molecule is [2H]C([2H])([2H])B(C([2H])([2H])[2H])C([2H])([2H])[2H]. The average molecular weight is 65.0 g/mol. The molecule has 0 aliphatic heterocycles. The lowest BCUT2D eigenvalue weighted by atomic mass is 9.58. The van der Waals surface area contributed by atoms with E-state index in [-0.39, 0.29) is 0 Å². The summed E-state index contributed by atoms with van der Waals surface area (Å²) in [6, 6.07) is 0. The third-order valence-electron chi connectivity index (χ3n) is 0. The summed E-state index contributed by atoms with van der Waals surface area (Å²) in [4.78, 5) is 0. The third-order valence-corrected chi connectivity index (χ3v) is 0. The molecule has 0 bridgehead atoms. The molecule has 0 atom stereocenters. The molecule has 0 saturated heterocycles. The van der Waals surface area contributed by atoms with Crippen molar-refractivity contribution in [2.75, 3.05) is 0 Å². The summed E-state index contributed by atoms with van der Waals surface area (Å²) in [5, 5.41) is 0. The Kier molecular flexibility index (Phi) is 0.0912. The van der Waals surface area contributed by atoms with Crippen molar-refractivity contribution < 1.29 is 12.3 Å². The maximum atomic E-state index is 6.81. The van der Waals surface area contributed by atoms with Crippen molar-refractivity contribution in [2.24, 2.45) is 0 Å². The molecule has 24 valence electrons. The highest BCUT2D eigenvalue weighted by molar-refractivity contribution is 6.54. The Labute approximate surface area is 40.9 Å². The van der Waals surface area contributed by atoms with Crippen molar-refractivity contribution in [1.29, 1.82) is 0 Å². The molecule has 0 aromatic rings. The Morgan fingerprint density at radius 1 is 1.50 bits per heavy atom. The lowest BCUT2D eigenvalue weighted by Gasteiger charge is -1.71. The molecule has 0 heterocycles. The fraction of sp³-hybridized carbons (Fsp3) is 1.00. The summed E-state index contributed by atoms with van der Waals surface area (Å²) in [7, 11) is 0. The number of rotatable bonds is 0. The average Bonchev–Trinajstić information content (AvgIpc) is 1.44. The smallest absolute Gasteiger partial charge is 0.0865 e.